The molecule has 1 N–H and O–H groups in total. The fraction of sp³-hybridized carbons (Fsp3) is 0.375. The number of hydrogen-bond acceptors (Lipinski definition) is 4. The van der Waals surface area contributed by atoms with Crippen molar-refractivity contribution in [2.45, 2.75) is 12.6 Å². The van der Waals surface area contributed by atoms with E-state index in [0.29, 0.717) is 31.8 Å². The topological polar surface area (TPSA) is 56.2 Å². The summed E-state index contributed by atoms with van der Waals surface area (Å²) in [5.74, 6) is -0.524. The number of nitrogens with one attached hydrogen (secondary N) is 1. The van der Waals surface area contributed by atoms with Crippen LogP contribution in [0.25, 0.3) is 0 Å². The first-order chi connectivity index (χ1) is 11.1. The van der Waals surface area contributed by atoms with E-state index in [0.717, 1.165) is 0 Å². The molecular weight excluding hydrogens is 356 g/mol. The van der Waals surface area contributed by atoms with Crippen LogP contribution in [0, 0.1) is 11.7 Å². The number of halogens is 3. The summed E-state index contributed by atoms with van der Waals surface area (Å²) in [6.07, 6.45) is 1.24. The number of ether oxygens (including phenoxy) is 1. The van der Waals surface area contributed by atoms with E-state index in [1.165, 1.54) is 22.9 Å². The Labute approximate surface area is 150 Å². The second-order valence-corrected chi connectivity index (χ2v) is 5.88. The second-order valence-electron chi connectivity index (χ2n) is 5.47. The fourth-order valence-electron chi connectivity index (χ4n) is 2.75. The highest BCUT2D eigenvalue weighted by molar-refractivity contribution is 6.30. The molecule has 1 aromatic carbocycles. The minimum atomic E-state index is -0.473. The molecule has 1 aromatic heterocycles. The molecule has 2 heterocycles. The van der Waals surface area contributed by atoms with Gasteiger partial charge < -0.3 is 10.1 Å². The molecule has 0 spiro atoms. The number of aromatic nitrogens is 2. The predicted molar refractivity (Wildman–Crippen MR) is 92.2 cm³/mol. The average Bonchev–Trinajstić information content (AvgIpc) is 2.78. The quantitative estimate of drug-likeness (QED) is 0.897. The van der Waals surface area contributed by atoms with Crippen LogP contribution in [0.2, 0.25) is 5.02 Å². The van der Waals surface area contributed by atoms with Crippen molar-refractivity contribution in [3.63, 3.8) is 0 Å². The smallest absolute Gasteiger partial charge is 0.266 e. The molecule has 1 fully saturated rings. The Morgan fingerprint density at radius 3 is 3.00 bits per heavy atom. The van der Waals surface area contributed by atoms with Gasteiger partial charge in [0, 0.05) is 31.3 Å². The van der Waals surface area contributed by atoms with Crippen LogP contribution in [0.1, 0.15) is 11.7 Å². The minimum Gasteiger partial charge on any atom is -0.372 e. The first-order valence-electron chi connectivity index (χ1n) is 7.44. The monoisotopic (exact) mass is 373 g/mol. The Bertz CT molecular complexity index is 741. The first kappa shape index (κ1) is 18.9. The van der Waals surface area contributed by atoms with Crippen LogP contribution >= 0.6 is 24.0 Å². The van der Waals surface area contributed by atoms with E-state index in [-0.39, 0.29) is 35.0 Å². The molecule has 3 rings (SSSR count). The van der Waals surface area contributed by atoms with Crippen molar-refractivity contribution in [2.24, 2.45) is 5.92 Å². The molecule has 5 nitrogen and oxygen atoms in total. The van der Waals surface area contributed by atoms with E-state index in [4.69, 9.17) is 16.3 Å². The first-order valence-corrected chi connectivity index (χ1v) is 7.82. The van der Waals surface area contributed by atoms with E-state index in [1.54, 1.807) is 18.3 Å². The van der Waals surface area contributed by atoms with Gasteiger partial charge in [-0.15, -0.1) is 12.4 Å². The Hall–Kier alpha value is -1.47. The molecule has 0 bridgehead atoms. The predicted octanol–water partition coefficient (Wildman–Crippen LogP) is 2.43. The van der Waals surface area contributed by atoms with Crippen molar-refractivity contribution in [1.29, 1.82) is 0 Å². The van der Waals surface area contributed by atoms with Crippen LogP contribution in [0.4, 0.5) is 4.39 Å². The lowest BCUT2D eigenvalue weighted by Gasteiger charge is -2.25. The summed E-state index contributed by atoms with van der Waals surface area (Å²) in [5, 5.41) is 7.44. The summed E-state index contributed by atoms with van der Waals surface area (Å²) in [7, 11) is 0. The van der Waals surface area contributed by atoms with Crippen LogP contribution < -0.4 is 10.9 Å². The van der Waals surface area contributed by atoms with Crippen molar-refractivity contribution >= 4 is 24.0 Å². The lowest BCUT2D eigenvalue weighted by molar-refractivity contribution is 0.0236. The largest absolute Gasteiger partial charge is 0.372 e. The van der Waals surface area contributed by atoms with Gasteiger partial charge in [-0.1, -0.05) is 17.7 Å². The molecule has 2 atom stereocenters. The summed E-state index contributed by atoms with van der Waals surface area (Å²) < 4.78 is 21.1. The van der Waals surface area contributed by atoms with Crippen molar-refractivity contribution in [1.82, 2.24) is 15.1 Å². The molecule has 1 saturated heterocycles. The third kappa shape index (κ3) is 4.33. The van der Waals surface area contributed by atoms with Crippen molar-refractivity contribution in [3.8, 4) is 0 Å². The second kappa shape index (κ2) is 8.58. The van der Waals surface area contributed by atoms with E-state index in [2.05, 4.69) is 10.4 Å². The number of hydrogen-bond donors (Lipinski definition) is 1. The van der Waals surface area contributed by atoms with Crippen LogP contribution in [-0.2, 0) is 11.3 Å². The highest BCUT2D eigenvalue weighted by Gasteiger charge is 2.27. The van der Waals surface area contributed by atoms with E-state index >= 15 is 0 Å². The van der Waals surface area contributed by atoms with Crippen LogP contribution in [0.5, 0.6) is 0 Å². The van der Waals surface area contributed by atoms with E-state index < -0.39 is 5.82 Å². The maximum absolute atomic E-state index is 13.8. The van der Waals surface area contributed by atoms with Crippen LogP contribution in [-0.4, -0.2) is 29.5 Å². The van der Waals surface area contributed by atoms with Gasteiger partial charge in [0.05, 0.1) is 24.3 Å². The molecular formula is C16H18Cl2FN3O2. The Morgan fingerprint density at radius 1 is 1.42 bits per heavy atom. The summed E-state index contributed by atoms with van der Waals surface area (Å²) in [5.41, 5.74) is 0.544. The maximum Gasteiger partial charge on any atom is 0.266 e. The fourth-order valence-corrected chi connectivity index (χ4v) is 2.87. The summed E-state index contributed by atoms with van der Waals surface area (Å²) in [6, 6.07) is 7.75. The van der Waals surface area contributed by atoms with Crippen molar-refractivity contribution < 1.29 is 9.13 Å². The highest BCUT2D eigenvalue weighted by Crippen LogP contribution is 2.30. The third-order valence-corrected chi connectivity index (χ3v) is 4.18. The standard InChI is InChI=1S/C16H17ClFN3O2.ClH/c17-13-4-3-11(8-14(13)18)16-12(9-19-6-7-23-16)10-21-15(22)2-1-5-20-21;/h1-5,8,12,16,19H,6-7,9-10H2;1H/t12-,16-;/m0./s1. The van der Waals surface area contributed by atoms with Gasteiger partial charge in [0.2, 0.25) is 0 Å². The van der Waals surface area contributed by atoms with Gasteiger partial charge in [-0.25, -0.2) is 9.07 Å². The van der Waals surface area contributed by atoms with Gasteiger partial charge in [-0.3, -0.25) is 4.79 Å². The van der Waals surface area contributed by atoms with E-state index in [9.17, 15) is 9.18 Å². The molecule has 0 amide bonds. The summed E-state index contributed by atoms with van der Waals surface area (Å²) >= 11 is 5.76. The molecule has 130 valence electrons. The van der Waals surface area contributed by atoms with Gasteiger partial charge >= 0.3 is 0 Å². The van der Waals surface area contributed by atoms with E-state index in [1.807, 2.05) is 0 Å². The Balaban J connectivity index is 0.00000208. The molecule has 1 aliphatic heterocycles. The van der Waals surface area contributed by atoms with Gasteiger partial charge in [-0.2, -0.15) is 5.10 Å². The van der Waals surface area contributed by atoms with Gasteiger partial charge in [0.25, 0.3) is 5.56 Å². The normalized spacial score (nSPS) is 20.9. The number of rotatable bonds is 3. The zero-order valence-corrected chi connectivity index (χ0v) is 14.4. The molecule has 0 radical (unpaired) electrons. The van der Waals surface area contributed by atoms with Gasteiger partial charge in [0.15, 0.2) is 0 Å². The summed E-state index contributed by atoms with van der Waals surface area (Å²) in [6.45, 7) is 2.27. The SMILES string of the molecule is Cl.O=c1cccnn1C[C@@H]1CNCCO[C@H]1c1ccc(Cl)c(F)c1. The zero-order chi connectivity index (χ0) is 16.2. The molecule has 24 heavy (non-hydrogen) atoms. The number of benzene rings is 1. The molecule has 0 aliphatic carbocycles. The Morgan fingerprint density at radius 2 is 2.25 bits per heavy atom. The third-order valence-electron chi connectivity index (χ3n) is 3.88. The van der Waals surface area contributed by atoms with Gasteiger partial charge in [-0.05, 0) is 23.8 Å². The van der Waals surface area contributed by atoms with Crippen LogP contribution in [0.3, 0.4) is 0 Å². The Kier molecular flexibility index (Phi) is 6.74. The number of nitrogens with zero attached hydrogens (tertiary/aromatic N) is 2. The molecule has 2 aromatic rings. The average molecular weight is 374 g/mol. The molecule has 1 aliphatic rings. The van der Waals surface area contributed by atoms with Crippen molar-refractivity contribution in [2.75, 3.05) is 19.7 Å². The van der Waals surface area contributed by atoms with Crippen LogP contribution in [0.15, 0.2) is 41.3 Å². The highest BCUT2D eigenvalue weighted by atomic mass is 35.5. The molecule has 8 heteroatoms. The van der Waals surface area contributed by atoms with Crippen molar-refractivity contribution in [3.05, 3.63) is 63.3 Å². The zero-order valence-electron chi connectivity index (χ0n) is 12.8. The van der Waals surface area contributed by atoms with Gasteiger partial charge in [0.1, 0.15) is 5.82 Å². The molecule has 0 unspecified atom stereocenters. The molecule has 0 saturated carbocycles. The lowest BCUT2D eigenvalue weighted by atomic mass is 9.95. The lowest BCUT2D eigenvalue weighted by Crippen LogP contribution is -2.33. The minimum absolute atomic E-state index is 0. The summed E-state index contributed by atoms with van der Waals surface area (Å²) in [4.78, 5) is 11.9. The maximum atomic E-state index is 13.8.